The van der Waals surface area contributed by atoms with Gasteiger partial charge in [-0.1, -0.05) is 0 Å². The van der Waals surface area contributed by atoms with Crippen LogP contribution in [0.1, 0.15) is 6.92 Å². The van der Waals surface area contributed by atoms with Crippen molar-refractivity contribution in [3.05, 3.63) is 48.7 Å². The molecule has 2 heterocycles. The van der Waals surface area contributed by atoms with Gasteiger partial charge in [0.1, 0.15) is 19.0 Å². The zero-order chi connectivity index (χ0) is 18.5. The normalized spacial score (nSPS) is 12.3. The number of anilines is 4. The van der Waals surface area contributed by atoms with Crippen molar-refractivity contribution >= 4 is 23.1 Å². The van der Waals surface area contributed by atoms with E-state index >= 15 is 0 Å². The number of hydrogen-bond acceptors (Lipinski definition) is 8. The Morgan fingerprint density at radius 3 is 2.56 bits per heavy atom. The fourth-order valence-electron chi connectivity index (χ4n) is 2.62. The molecular weight excluding hydrogens is 346 g/mol. The molecule has 1 aromatic heterocycles. The maximum atomic E-state index is 5.59. The lowest BCUT2D eigenvalue weighted by Crippen LogP contribution is -2.15. The lowest BCUT2D eigenvalue weighted by Gasteiger charge is -2.19. The van der Waals surface area contributed by atoms with Gasteiger partial charge in [0.25, 0.3) is 0 Å². The van der Waals surface area contributed by atoms with E-state index in [2.05, 4.69) is 25.8 Å². The van der Waals surface area contributed by atoms with Gasteiger partial charge < -0.3 is 24.8 Å². The van der Waals surface area contributed by atoms with E-state index in [0.29, 0.717) is 37.3 Å². The maximum absolute atomic E-state index is 5.59. The largest absolute Gasteiger partial charge is 0.494 e. The van der Waals surface area contributed by atoms with Crippen molar-refractivity contribution in [2.45, 2.75) is 6.92 Å². The highest BCUT2D eigenvalue weighted by Gasteiger charge is 2.12. The fourth-order valence-corrected chi connectivity index (χ4v) is 2.62. The molecule has 8 nitrogen and oxygen atoms in total. The van der Waals surface area contributed by atoms with E-state index in [1.165, 1.54) is 0 Å². The Balaban J connectivity index is 1.46. The van der Waals surface area contributed by atoms with Gasteiger partial charge in [-0.3, -0.25) is 0 Å². The fraction of sp³-hybridized carbons (Fsp3) is 0.211. The van der Waals surface area contributed by atoms with E-state index in [1.54, 1.807) is 6.20 Å². The molecule has 0 saturated heterocycles. The molecule has 0 atom stereocenters. The number of rotatable bonds is 6. The third-order valence-corrected chi connectivity index (χ3v) is 3.79. The summed E-state index contributed by atoms with van der Waals surface area (Å²) in [5, 5.41) is 14.3. The number of aromatic nitrogens is 3. The highest BCUT2D eigenvalue weighted by atomic mass is 16.6. The first-order chi connectivity index (χ1) is 13.3. The quantitative estimate of drug-likeness (QED) is 0.686. The lowest BCUT2D eigenvalue weighted by molar-refractivity contribution is 0.171. The van der Waals surface area contributed by atoms with E-state index in [0.717, 1.165) is 22.9 Å². The number of nitrogens with one attached hydrogen (secondary N) is 2. The summed E-state index contributed by atoms with van der Waals surface area (Å²) in [6, 6.07) is 13.2. The van der Waals surface area contributed by atoms with Crippen LogP contribution in [-0.4, -0.2) is 35.0 Å². The Morgan fingerprint density at radius 1 is 0.963 bits per heavy atom. The van der Waals surface area contributed by atoms with Crippen molar-refractivity contribution in [2.24, 2.45) is 0 Å². The van der Waals surface area contributed by atoms with Crippen LogP contribution >= 0.6 is 0 Å². The van der Waals surface area contributed by atoms with Crippen LogP contribution < -0.4 is 24.8 Å². The third-order valence-electron chi connectivity index (χ3n) is 3.79. The van der Waals surface area contributed by atoms with Gasteiger partial charge in [-0.25, -0.2) is 0 Å². The van der Waals surface area contributed by atoms with Crippen molar-refractivity contribution in [3.63, 3.8) is 0 Å². The molecular formula is C19H19N5O3. The van der Waals surface area contributed by atoms with Gasteiger partial charge in [-0.15, -0.1) is 5.10 Å². The van der Waals surface area contributed by atoms with E-state index in [4.69, 9.17) is 14.2 Å². The molecule has 0 fully saturated rings. The molecule has 0 spiro atoms. The van der Waals surface area contributed by atoms with Gasteiger partial charge >= 0.3 is 0 Å². The lowest BCUT2D eigenvalue weighted by atomic mass is 10.2. The van der Waals surface area contributed by atoms with Crippen LogP contribution in [0.2, 0.25) is 0 Å². The van der Waals surface area contributed by atoms with Gasteiger partial charge in [-0.2, -0.15) is 10.1 Å². The summed E-state index contributed by atoms with van der Waals surface area (Å²) in [6.07, 6.45) is 1.56. The number of fused-ring (bicyclic) bond motifs is 1. The monoisotopic (exact) mass is 365 g/mol. The molecule has 1 aliphatic rings. The van der Waals surface area contributed by atoms with E-state index in [1.807, 2.05) is 49.4 Å². The maximum Gasteiger partial charge on any atom is 0.249 e. The summed E-state index contributed by atoms with van der Waals surface area (Å²) in [7, 11) is 0. The summed E-state index contributed by atoms with van der Waals surface area (Å²) in [5.74, 6) is 3.21. The highest BCUT2D eigenvalue weighted by molar-refractivity contribution is 5.62. The Labute approximate surface area is 156 Å². The van der Waals surface area contributed by atoms with Crippen molar-refractivity contribution in [2.75, 3.05) is 30.5 Å². The first-order valence-corrected chi connectivity index (χ1v) is 8.66. The molecule has 138 valence electrons. The molecule has 27 heavy (non-hydrogen) atoms. The minimum atomic E-state index is 0.377. The summed E-state index contributed by atoms with van der Waals surface area (Å²) in [5.41, 5.74) is 1.67. The number of ether oxygens (including phenoxy) is 3. The van der Waals surface area contributed by atoms with Crippen LogP contribution in [-0.2, 0) is 0 Å². The second-order valence-corrected chi connectivity index (χ2v) is 5.73. The van der Waals surface area contributed by atoms with Gasteiger partial charge in [0.2, 0.25) is 5.95 Å². The molecule has 4 rings (SSSR count). The summed E-state index contributed by atoms with van der Waals surface area (Å²) in [6.45, 7) is 3.69. The molecule has 8 heteroatoms. The van der Waals surface area contributed by atoms with Gasteiger partial charge in [0, 0.05) is 17.4 Å². The van der Waals surface area contributed by atoms with Crippen LogP contribution in [0.3, 0.4) is 0 Å². The van der Waals surface area contributed by atoms with Crippen molar-refractivity contribution in [3.8, 4) is 17.2 Å². The standard InChI is InChI=1S/C19H19N5O3/c1-2-25-15-6-3-13(4-7-15)21-18-12-20-24-19(23-18)22-14-5-8-16-17(11-14)27-10-9-26-16/h3-8,11-12H,2,9-10H2,1H3,(H2,21,22,23,24). The molecule has 2 aromatic carbocycles. The molecule has 1 aliphatic heterocycles. The van der Waals surface area contributed by atoms with Crippen LogP contribution in [0.4, 0.5) is 23.1 Å². The molecule has 0 bridgehead atoms. The Bertz CT molecular complexity index is 917. The predicted molar refractivity (Wildman–Crippen MR) is 101 cm³/mol. The van der Waals surface area contributed by atoms with Crippen LogP contribution in [0, 0.1) is 0 Å². The molecule has 0 saturated carbocycles. The Morgan fingerprint density at radius 2 is 1.74 bits per heavy atom. The number of nitrogens with zero attached hydrogens (tertiary/aromatic N) is 3. The molecule has 0 radical (unpaired) electrons. The van der Waals surface area contributed by atoms with Crippen LogP contribution in [0.15, 0.2) is 48.7 Å². The zero-order valence-corrected chi connectivity index (χ0v) is 14.8. The molecule has 0 aliphatic carbocycles. The van der Waals surface area contributed by atoms with Crippen LogP contribution in [0.5, 0.6) is 17.2 Å². The SMILES string of the molecule is CCOc1ccc(Nc2cnnc(Nc3ccc4c(c3)OCCO4)n2)cc1. The average Bonchev–Trinajstić information content (AvgIpc) is 2.70. The van der Waals surface area contributed by atoms with Crippen molar-refractivity contribution in [1.29, 1.82) is 0 Å². The summed E-state index contributed by atoms with van der Waals surface area (Å²) >= 11 is 0. The van der Waals surface area contributed by atoms with E-state index < -0.39 is 0 Å². The Kier molecular flexibility index (Phi) is 4.86. The average molecular weight is 365 g/mol. The van der Waals surface area contributed by atoms with Crippen molar-refractivity contribution in [1.82, 2.24) is 15.2 Å². The minimum absolute atomic E-state index is 0.377. The van der Waals surface area contributed by atoms with Gasteiger partial charge in [0.05, 0.1) is 12.8 Å². The van der Waals surface area contributed by atoms with Gasteiger partial charge in [-0.05, 0) is 43.3 Å². The molecule has 0 amide bonds. The zero-order valence-electron chi connectivity index (χ0n) is 14.8. The highest BCUT2D eigenvalue weighted by Crippen LogP contribution is 2.33. The summed E-state index contributed by atoms with van der Waals surface area (Å²) in [4.78, 5) is 4.43. The second kappa shape index (κ2) is 7.77. The first-order valence-electron chi connectivity index (χ1n) is 8.66. The van der Waals surface area contributed by atoms with E-state index in [-0.39, 0.29) is 0 Å². The van der Waals surface area contributed by atoms with Gasteiger partial charge in [0.15, 0.2) is 17.3 Å². The second-order valence-electron chi connectivity index (χ2n) is 5.73. The Hall–Kier alpha value is -3.55. The minimum Gasteiger partial charge on any atom is -0.494 e. The summed E-state index contributed by atoms with van der Waals surface area (Å²) < 4.78 is 16.6. The smallest absolute Gasteiger partial charge is 0.249 e. The molecule has 3 aromatic rings. The van der Waals surface area contributed by atoms with Crippen molar-refractivity contribution < 1.29 is 14.2 Å². The third kappa shape index (κ3) is 4.17. The molecule has 0 unspecified atom stereocenters. The predicted octanol–water partition coefficient (Wildman–Crippen LogP) is 3.53. The number of benzene rings is 2. The first kappa shape index (κ1) is 16.9. The van der Waals surface area contributed by atoms with E-state index in [9.17, 15) is 0 Å². The molecule has 2 N–H and O–H groups in total. The topological polar surface area (TPSA) is 90.4 Å². The number of hydrogen-bond donors (Lipinski definition) is 2. The van der Waals surface area contributed by atoms with Crippen LogP contribution in [0.25, 0.3) is 0 Å².